The monoisotopic (exact) mass is 389 g/mol. The number of carbonyl (C=O) groups excluding carboxylic acids is 1. The Kier molecular flexibility index (Phi) is 4.30. The van der Waals surface area contributed by atoms with Gasteiger partial charge in [-0.25, -0.2) is 15.8 Å². The maximum atomic E-state index is 12.4. The molecule has 0 unspecified atom stereocenters. The van der Waals surface area contributed by atoms with Crippen LogP contribution in [0.25, 0.3) is 27.7 Å². The lowest BCUT2D eigenvalue weighted by atomic mass is 10.2. The minimum atomic E-state index is -0.369. The summed E-state index contributed by atoms with van der Waals surface area (Å²) in [5.74, 6) is 6.00. The highest BCUT2D eigenvalue weighted by atomic mass is 16.2. The zero-order chi connectivity index (χ0) is 20.0. The summed E-state index contributed by atoms with van der Waals surface area (Å²) in [7, 11) is 2.16. The molecular formula is C21H23N7O. The molecule has 4 heterocycles. The van der Waals surface area contributed by atoms with Gasteiger partial charge in [-0.05, 0) is 50.3 Å². The number of anilines is 1. The number of amides is 1. The minimum absolute atomic E-state index is 0.369. The third kappa shape index (κ3) is 2.97. The molecule has 1 aliphatic rings. The molecule has 0 saturated carbocycles. The van der Waals surface area contributed by atoms with Crippen molar-refractivity contribution in [2.45, 2.75) is 6.42 Å². The minimum Gasteiger partial charge on any atom is -0.355 e. The van der Waals surface area contributed by atoms with Gasteiger partial charge in [0, 0.05) is 25.0 Å². The number of benzene rings is 1. The number of aromatic nitrogens is 3. The van der Waals surface area contributed by atoms with Crippen molar-refractivity contribution in [3.8, 4) is 0 Å². The van der Waals surface area contributed by atoms with Gasteiger partial charge < -0.3 is 9.80 Å². The van der Waals surface area contributed by atoms with Gasteiger partial charge in [0.2, 0.25) is 0 Å². The Hall–Kier alpha value is -3.23. The molecule has 1 fully saturated rings. The Morgan fingerprint density at radius 1 is 1.03 bits per heavy atom. The van der Waals surface area contributed by atoms with Crippen LogP contribution in [0.3, 0.4) is 0 Å². The first kappa shape index (κ1) is 17.8. The second-order valence-corrected chi connectivity index (χ2v) is 7.52. The summed E-state index contributed by atoms with van der Waals surface area (Å²) < 4.78 is 1.96. The van der Waals surface area contributed by atoms with Gasteiger partial charge in [-0.15, -0.1) is 0 Å². The molecule has 0 aliphatic carbocycles. The number of nitrogens with zero attached hydrogens (tertiary/aromatic N) is 5. The topological polar surface area (TPSA) is 91.8 Å². The molecule has 8 heteroatoms. The third-order valence-electron chi connectivity index (χ3n) is 5.62. The maximum absolute atomic E-state index is 12.4. The summed E-state index contributed by atoms with van der Waals surface area (Å²) in [5, 5.41) is 0.870. The number of hydrogen-bond acceptors (Lipinski definition) is 6. The van der Waals surface area contributed by atoms with Gasteiger partial charge in [0.05, 0.1) is 16.6 Å². The fraction of sp³-hybridized carbons (Fsp3) is 0.286. The summed E-state index contributed by atoms with van der Waals surface area (Å²) in [5.41, 5.74) is 5.74. The molecular weight excluding hydrogens is 366 g/mol. The lowest BCUT2D eigenvalue weighted by molar-refractivity contribution is 0.0955. The fourth-order valence-corrected chi connectivity index (χ4v) is 4.08. The number of nitrogens with one attached hydrogen (secondary N) is 1. The van der Waals surface area contributed by atoms with Gasteiger partial charge in [-0.2, -0.15) is 0 Å². The molecule has 5 rings (SSSR count). The summed E-state index contributed by atoms with van der Waals surface area (Å²) in [6, 6.07) is 13.7. The van der Waals surface area contributed by atoms with Crippen LogP contribution < -0.4 is 16.2 Å². The van der Waals surface area contributed by atoms with Crippen molar-refractivity contribution in [2.75, 3.05) is 38.1 Å². The number of imidazole rings is 1. The molecule has 3 aromatic heterocycles. The van der Waals surface area contributed by atoms with Crippen LogP contribution in [0.2, 0.25) is 0 Å². The van der Waals surface area contributed by atoms with Gasteiger partial charge in [-0.3, -0.25) is 14.6 Å². The largest absolute Gasteiger partial charge is 0.355 e. The summed E-state index contributed by atoms with van der Waals surface area (Å²) >= 11 is 0. The first-order valence-electron chi connectivity index (χ1n) is 9.81. The van der Waals surface area contributed by atoms with Crippen LogP contribution in [0.5, 0.6) is 0 Å². The van der Waals surface area contributed by atoms with E-state index in [1.165, 1.54) is 0 Å². The van der Waals surface area contributed by atoms with E-state index in [1.807, 2.05) is 46.9 Å². The van der Waals surface area contributed by atoms with Crippen molar-refractivity contribution >= 4 is 39.4 Å². The van der Waals surface area contributed by atoms with Crippen molar-refractivity contribution < 1.29 is 4.79 Å². The molecule has 4 aromatic rings. The lowest BCUT2D eigenvalue weighted by Gasteiger charge is -2.22. The number of pyridine rings is 2. The number of carbonyl (C=O) groups is 1. The third-order valence-corrected chi connectivity index (χ3v) is 5.62. The van der Waals surface area contributed by atoms with Crippen molar-refractivity contribution in [3.05, 3.63) is 48.0 Å². The average Bonchev–Trinajstić information content (AvgIpc) is 3.01. The number of rotatable bonds is 2. The van der Waals surface area contributed by atoms with E-state index in [4.69, 9.17) is 10.8 Å². The zero-order valence-corrected chi connectivity index (χ0v) is 16.3. The number of likely N-dealkylation sites (N-methyl/N-ethyl adjacent to an activating group) is 1. The molecule has 1 aromatic carbocycles. The van der Waals surface area contributed by atoms with E-state index in [-0.39, 0.29) is 5.91 Å². The highest BCUT2D eigenvalue weighted by molar-refractivity contribution is 6.05. The molecule has 3 N–H and O–H groups in total. The van der Waals surface area contributed by atoms with E-state index in [2.05, 4.69) is 27.3 Å². The molecule has 1 aliphatic heterocycles. The van der Waals surface area contributed by atoms with Gasteiger partial charge in [0.1, 0.15) is 11.5 Å². The Morgan fingerprint density at radius 3 is 2.76 bits per heavy atom. The Morgan fingerprint density at radius 2 is 1.90 bits per heavy atom. The van der Waals surface area contributed by atoms with Crippen molar-refractivity contribution in [1.82, 2.24) is 24.7 Å². The van der Waals surface area contributed by atoms with Gasteiger partial charge in [0.25, 0.3) is 5.91 Å². The SMILES string of the molecule is CN1CCCN(c2ccc3cc(C(=O)NN)c4nc5ccccc5n4c3n2)CC1. The van der Waals surface area contributed by atoms with Gasteiger partial charge in [-0.1, -0.05) is 12.1 Å². The average molecular weight is 389 g/mol. The van der Waals surface area contributed by atoms with Crippen molar-refractivity contribution in [1.29, 1.82) is 0 Å². The van der Waals surface area contributed by atoms with E-state index < -0.39 is 0 Å². The first-order chi connectivity index (χ1) is 14.2. The molecule has 29 heavy (non-hydrogen) atoms. The van der Waals surface area contributed by atoms with Crippen molar-refractivity contribution in [2.24, 2.45) is 5.84 Å². The number of para-hydroxylation sites is 2. The second kappa shape index (κ2) is 6.98. The normalized spacial score (nSPS) is 15.9. The van der Waals surface area contributed by atoms with Crippen LogP contribution in [0.1, 0.15) is 16.8 Å². The van der Waals surface area contributed by atoms with Gasteiger partial charge in [0.15, 0.2) is 5.65 Å². The molecule has 148 valence electrons. The van der Waals surface area contributed by atoms with E-state index in [0.29, 0.717) is 11.2 Å². The number of hydrazine groups is 1. The Bertz CT molecular complexity index is 1230. The standard InChI is InChI=1S/C21H23N7O/c1-26-9-4-10-27(12-11-26)18-8-7-14-13-15(21(29)25-22)20-23-16-5-2-3-6-17(16)28(20)19(14)24-18/h2-3,5-8,13H,4,9-12,22H2,1H3,(H,25,29). The Balaban J connectivity index is 1.76. The molecule has 0 bridgehead atoms. The van der Waals surface area contributed by atoms with Crippen molar-refractivity contribution in [3.63, 3.8) is 0 Å². The van der Waals surface area contributed by atoms with Crippen LogP contribution in [-0.2, 0) is 0 Å². The predicted molar refractivity (Wildman–Crippen MR) is 114 cm³/mol. The van der Waals surface area contributed by atoms with Crippen LogP contribution in [0.15, 0.2) is 42.5 Å². The summed E-state index contributed by atoms with van der Waals surface area (Å²) in [6.07, 6.45) is 1.11. The zero-order valence-electron chi connectivity index (χ0n) is 16.3. The Labute approximate surface area is 167 Å². The predicted octanol–water partition coefficient (Wildman–Crippen LogP) is 1.78. The van der Waals surface area contributed by atoms with E-state index >= 15 is 0 Å². The number of nitrogens with two attached hydrogens (primary N) is 1. The van der Waals surface area contributed by atoms with E-state index in [9.17, 15) is 4.79 Å². The fourth-order valence-electron chi connectivity index (χ4n) is 4.08. The first-order valence-corrected chi connectivity index (χ1v) is 9.81. The summed E-state index contributed by atoms with van der Waals surface area (Å²) in [6.45, 7) is 4.03. The summed E-state index contributed by atoms with van der Waals surface area (Å²) in [4.78, 5) is 26.8. The quantitative estimate of drug-likeness (QED) is 0.308. The van der Waals surface area contributed by atoms with Gasteiger partial charge >= 0.3 is 0 Å². The van der Waals surface area contributed by atoms with E-state index in [0.717, 1.165) is 60.5 Å². The highest BCUT2D eigenvalue weighted by Gasteiger charge is 2.19. The molecule has 0 spiro atoms. The smallest absolute Gasteiger partial charge is 0.268 e. The molecule has 1 amide bonds. The maximum Gasteiger partial charge on any atom is 0.268 e. The molecule has 0 radical (unpaired) electrons. The van der Waals surface area contributed by atoms with Crippen LogP contribution in [0.4, 0.5) is 5.82 Å². The number of nitrogen functional groups attached to an aromatic ring is 1. The molecule has 0 atom stereocenters. The van der Waals surface area contributed by atoms with E-state index in [1.54, 1.807) is 0 Å². The van der Waals surface area contributed by atoms with Crippen LogP contribution in [0, 0.1) is 0 Å². The molecule has 8 nitrogen and oxygen atoms in total. The second-order valence-electron chi connectivity index (χ2n) is 7.52. The number of hydrogen-bond donors (Lipinski definition) is 2. The highest BCUT2D eigenvalue weighted by Crippen LogP contribution is 2.27. The lowest BCUT2D eigenvalue weighted by Crippen LogP contribution is -2.30. The number of fused-ring (bicyclic) bond motifs is 5. The van der Waals surface area contributed by atoms with Crippen LogP contribution >= 0.6 is 0 Å². The molecule has 1 saturated heterocycles. The van der Waals surface area contributed by atoms with Crippen LogP contribution in [-0.4, -0.2) is 58.4 Å².